The van der Waals surface area contributed by atoms with Crippen LogP contribution in [-0.2, 0) is 4.79 Å². The Morgan fingerprint density at radius 1 is 1.12 bits per heavy atom. The number of phenols is 1. The molecular formula is C17H14BrN3O4. The highest BCUT2D eigenvalue weighted by Gasteiger charge is 2.04. The van der Waals surface area contributed by atoms with Crippen LogP contribution in [0.25, 0.3) is 6.08 Å². The standard InChI is InChI=1S/C17H14BrN3O4/c18-15-7-6-14(22)9-13(15)10-19-20-17(24)12-4-1-11(2-5-12)3-8-16(23)21-25/h1-10,22,25H,(H,20,24)(H,21,23)/b8-3+,19-10+. The van der Waals surface area contributed by atoms with Crippen molar-refractivity contribution in [3.8, 4) is 5.75 Å². The van der Waals surface area contributed by atoms with Crippen molar-refractivity contribution < 1.29 is 19.9 Å². The topological polar surface area (TPSA) is 111 Å². The summed E-state index contributed by atoms with van der Waals surface area (Å²) >= 11 is 3.31. The molecule has 0 aliphatic heterocycles. The number of hydrogen-bond donors (Lipinski definition) is 4. The summed E-state index contributed by atoms with van der Waals surface area (Å²) in [6, 6.07) is 11.1. The zero-order valence-electron chi connectivity index (χ0n) is 12.8. The zero-order chi connectivity index (χ0) is 18.2. The van der Waals surface area contributed by atoms with Gasteiger partial charge in [0.1, 0.15) is 5.75 Å². The van der Waals surface area contributed by atoms with Crippen molar-refractivity contribution in [2.45, 2.75) is 0 Å². The minimum atomic E-state index is -0.644. The van der Waals surface area contributed by atoms with Gasteiger partial charge < -0.3 is 5.11 Å². The number of halogens is 1. The van der Waals surface area contributed by atoms with Crippen LogP contribution in [0.5, 0.6) is 5.75 Å². The Balaban J connectivity index is 1.99. The van der Waals surface area contributed by atoms with E-state index in [2.05, 4.69) is 26.5 Å². The van der Waals surface area contributed by atoms with Gasteiger partial charge >= 0.3 is 0 Å². The van der Waals surface area contributed by atoms with Crippen molar-refractivity contribution in [3.63, 3.8) is 0 Å². The predicted molar refractivity (Wildman–Crippen MR) is 96.3 cm³/mol. The number of hydrogen-bond acceptors (Lipinski definition) is 5. The number of benzene rings is 2. The largest absolute Gasteiger partial charge is 0.508 e. The molecule has 2 aromatic carbocycles. The fourth-order valence-electron chi connectivity index (χ4n) is 1.81. The highest BCUT2D eigenvalue weighted by Crippen LogP contribution is 2.19. The van der Waals surface area contributed by atoms with Crippen molar-refractivity contribution >= 4 is 40.0 Å². The molecule has 4 N–H and O–H groups in total. The number of nitrogens with zero attached hydrogens (tertiary/aromatic N) is 1. The predicted octanol–water partition coefficient (Wildman–Crippen LogP) is 2.44. The number of carbonyl (C=O) groups is 2. The Hall–Kier alpha value is -2.97. The Labute approximate surface area is 151 Å². The maximum Gasteiger partial charge on any atom is 0.271 e. The van der Waals surface area contributed by atoms with Gasteiger partial charge in [0.2, 0.25) is 0 Å². The van der Waals surface area contributed by atoms with Crippen LogP contribution in [0.1, 0.15) is 21.5 Å². The van der Waals surface area contributed by atoms with Gasteiger partial charge in [0.15, 0.2) is 0 Å². The first kappa shape index (κ1) is 18.4. The molecule has 0 aliphatic carbocycles. The SMILES string of the molecule is O=C(/C=C/c1ccc(C(=O)N/N=C/c2cc(O)ccc2Br)cc1)NO. The van der Waals surface area contributed by atoms with Crippen LogP contribution in [0.4, 0.5) is 0 Å². The van der Waals surface area contributed by atoms with Gasteiger partial charge in [-0.25, -0.2) is 10.9 Å². The van der Waals surface area contributed by atoms with Crippen LogP contribution < -0.4 is 10.9 Å². The van der Waals surface area contributed by atoms with E-state index in [0.717, 1.165) is 10.5 Å². The van der Waals surface area contributed by atoms with Crippen LogP contribution in [0.2, 0.25) is 0 Å². The van der Waals surface area contributed by atoms with E-state index < -0.39 is 11.8 Å². The van der Waals surface area contributed by atoms with Crippen molar-refractivity contribution in [2.24, 2.45) is 5.10 Å². The maximum absolute atomic E-state index is 12.0. The lowest BCUT2D eigenvalue weighted by Crippen LogP contribution is -2.17. The molecule has 0 saturated carbocycles. The monoisotopic (exact) mass is 403 g/mol. The van der Waals surface area contributed by atoms with Gasteiger partial charge in [-0.15, -0.1) is 0 Å². The fraction of sp³-hybridized carbons (Fsp3) is 0. The van der Waals surface area contributed by atoms with Crippen molar-refractivity contribution in [1.29, 1.82) is 0 Å². The molecule has 0 atom stereocenters. The number of hydrazone groups is 1. The lowest BCUT2D eigenvalue weighted by molar-refractivity contribution is -0.124. The fourth-order valence-corrected chi connectivity index (χ4v) is 2.16. The van der Waals surface area contributed by atoms with E-state index >= 15 is 0 Å². The first-order valence-corrected chi connectivity index (χ1v) is 7.83. The summed E-state index contributed by atoms with van der Waals surface area (Å²) in [5.74, 6) is -0.958. The molecule has 0 radical (unpaired) electrons. The Kier molecular flexibility index (Phi) is 6.44. The third-order valence-corrected chi connectivity index (χ3v) is 3.78. The van der Waals surface area contributed by atoms with Gasteiger partial charge in [0.05, 0.1) is 6.21 Å². The maximum atomic E-state index is 12.0. The third kappa shape index (κ3) is 5.55. The minimum absolute atomic E-state index is 0.0921. The molecule has 0 spiro atoms. The second kappa shape index (κ2) is 8.76. The molecule has 2 rings (SSSR count). The van der Waals surface area contributed by atoms with E-state index in [1.54, 1.807) is 30.3 Å². The number of carbonyl (C=O) groups excluding carboxylic acids is 2. The molecule has 0 aromatic heterocycles. The van der Waals surface area contributed by atoms with Crippen LogP contribution in [0.15, 0.2) is 58.1 Å². The Bertz CT molecular complexity index is 832. The Morgan fingerprint density at radius 2 is 1.84 bits per heavy atom. The molecule has 25 heavy (non-hydrogen) atoms. The average Bonchev–Trinajstić information content (AvgIpc) is 2.62. The third-order valence-electron chi connectivity index (χ3n) is 3.06. The van der Waals surface area contributed by atoms with Crippen molar-refractivity contribution in [1.82, 2.24) is 10.9 Å². The summed E-state index contributed by atoms with van der Waals surface area (Å²) in [6.45, 7) is 0. The molecule has 8 heteroatoms. The molecular weight excluding hydrogens is 390 g/mol. The number of rotatable bonds is 5. The lowest BCUT2D eigenvalue weighted by atomic mass is 10.1. The number of nitrogens with one attached hydrogen (secondary N) is 2. The summed E-state index contributed by atoms with van der Waals surface area (Å²) in [5.41, 5.74) is 5.56. The first-order valence-electron chi connectivity index (χ1n) is 7.04. The van der Waals surface area contributed by atoms with E-state index in [0.29, 0.717) is 16.7 Å². The van der Waals surface area contributed by atoms with Gasteiger partial charge in [-0.2, -0.15) is 5.10 Å². The molecule has 0 aliphatic rings. The van der Waals surface area contributed by atoms with E-state index in [1.807, 2.05) is 0 Å². The minimum Gasteiger partial charge on any atom is -0.508 e. The zero-order valence-corrected chi connectivity index (χ0v) is 14.4. The molecule has 0 heterocycles. The smallest absolute Gasteiger partial charge is 0.271 e. The second-order valence-corrected chi connectivity index (χ2v) is 5.69. The summed E-state index contributed by atoms with van der Waals surface area (Å²) in [7, 11) is 0. The number of hydroxylamine groups is 1. The van der Waals surface area contributed by atoms with Gasteiger partial charge in [-0.3, -0.25) is 14.8 Å². The van der Waals surface area contributed by atoms with Crippen LogP contribution in [0.3, 0.4) is 0 Å². The quantitative estimate of drug-likeness (QED) is 0.266. The van der Waals surface area contributed by atoms with Gasteiger partial charge in [-0.1, -0.05) is 28.1 Å². The van der Waals surface area contributed by atoms with E-state index in [1.165, 1.54) is 29.9 Å². The van der Waals surface area contributed by atoms with Gasteiger partial charge in [0.25, 0.3) is 11.8 Å². The van der Waals surface area contributed by atoms with E-state index in [4.69, 9.17) is 5.21 Å². The summed E-state index contributed by atoms with van der Waals surface area (Å²) in [5, 5.41) is 21.7. The Morgan fingerprint density at radius 3 is 2.52 bits per heavy atom. The molecule has 2 amide bonds. The normalized spacial score (nSPS) is 11.0. The molecule has 128 valence electrons. The number of amides is 2. The van der Waals surface area contributed by atoms with Crippen molar-refractivity contribution in [3.05, 3.63) is 69.7 Å². The summed E-state index contributed by atoms with van der Waals surface area (Å²) in [4.78, 5) is 22.9. The summed E-state index contributed by atoms with van der Waals surface area (Å²) < 4.78 is 0.728. The highest BCUT2D eigenvalue weighted by molar-refractivity contribution is 9.10. The van der Waals surface area contributed by atoms with Crippen molar-refractivity contribution in [2.75, 3.05) is 0 Å². The molecule has 7 nitrogen and oxygen atoms in total. The van der Waals surface area contributed by atoms with E-state index in [-0.39, 0.29) is 5.75 Å². The molecule has 0 fully saturated rings. The highest BCUT2D eigenvalue weighted by atomic mass is 79.9. The average molecular weight is 404 g/mol. The van der Waals surface area contributed by atoms with E-state index in [9.17, 15) is 14.7 Å². The van der Waals surface area contributed by atoms with Gasteiger partial charge in [-0.05, 0) is 42.0 Å². The molecule has 0 unspecified atom stereocenters. The first-order chi connectivity index (χ1) is 12.0. The van der Waals surface area contributed by atoms with Gasteiger partial charge in [0, 0.05) is 21.7 Å². The van der Waals surface area contributed by atoms with Crippen LogP contribution >= 0.6 is 15.9 Å². The molecule has 0 saturated heterocycles. The number of aromatic hydroxyl groups is 1. The molecule has 2 aromatic rings. The van der Waals surface area contributed by atoms with Crippen LogP contribution in [0, 0.1) is 0 Å². The lowest BCUT2D eigenvalue weighted by Gasteiger charge is -2.02. The van der Waals surface area contributed by atoms with Crippen LogP contribution in [-0.4, -0.2) is 28.3 Å². The summed E-state index contributed by atoms with van der Waals surface area (Å²) in [6.07, 6.45) is 4.06. The number of phenolic OH excluding ortho intramolecular Hbond substituents is 1. The molecule has 0 bridgehead atoms. The second-order valence-electron chi connectivity index (χ2n) is 4.84.